The average Bonchev–Trinajstić information content (AvgIpc) is 3.06. The van der Waals surface area contributed by atoms with Crippen LogP contribution in [0.2, 0.25) is 0 Å². The van der Waals surface area contributed by atoms with E-state index in [9.17, 15) is 0 Å². The molecule has 5 heteroatoms. The lowest BCUT2D eigenvalue weighted by atomic mass is 10.0. The third kappa shape index (κ3) is 3.44. The van der Waals surface area contributed by atoms with Crippen molar-refractivity contribution in [3.63, 3.8) is 0 Å². The Labute approximate surface area is 138 Å². The van der Waals surface area contributed by atoms with Gasteiger partial charge in [-0.05, 0) is 24.1 Å². The molecule has 0 aliphatic heterocycles. The van der Waals surface area contributed by atoms with Crippen LogP contribution in [0.1, 0.15) is 16.7 Å². The molecular weight excluding hydrogens is 304 g/mol. The summed E-state index contributed by atoms with van der Waals surface area (Å²) in [5.74, 6) is 0. The van der Waals surface area contributed by atoms with Crippen molar-refractivity contribution in [3.8, 4) is 17.3 Å². The summed E-state index contributed by atoms with van der Waals surface area (Å²) >= 11 is 1.50. The van der Waals surface area contributed by atoms with Gasteiger partial charge < -0.3 is 0 Å². The maximum Gasteiger partial charge on any atom is 0.203 e. The van der Waals surface area contributed by atoms with Crippen LogP contribution in [0.3, 0.4) is 0 Å². The number of thiazole rings is 1. The maximum absolute atomic E-state index is 9.04. The highest BCUT2D eigenvalue weighted by atomic mass is 32.1. The van der Waals surface area contributed by atoms with Gasteiger partial charge in [0.2, 0.25) is 5.13 Å². The Morgan fingerprint density at radius 2 is 2.00 bits per heavy atom. The molecular formula is C18H14N4S. The summed E-state index contributed by atoms with van der Waals surface area (Å²) in [6.45, 7) is 1.91. The maximum atomic E-state index is 9.04. The third-order valence-electron chi connectivity index (χ3n) is 3.43. The minimum atomic E-state index is 0.662. The van der Waals surface area contributed by atoms with E-state index < -0.39 is 0 Å². The van der Waals surface area contributed by atoms with Gasteiger partial charge in [-0.1, -0.05) is 42.5 Å². The van der Waals surface area contributed by atoms with Gasteiger partial charge in [-0.2, -0.15) is 10.4 Å². The summed E-state index contributed by atoms with van der Waals surface area (Å²) in [5.41, 5.74) is 7.45. The molecule has 1 aromatic heterocycles. The first-order valence-electron chi connectivity index (χ1n) is 7.07. The molecule has 0 spiro atoms. The molecule has 0 atom stereocenters. The van der Waals surface area contributed by atoms with E-state index in [2.05, 4.69) is 21.6 Å². The van der Waals surface area contributed by atoms with E-state index >= 15 is 0 Å². The fourth-order valence-corrected chi connectivity index (χ4v) is 2.81. The Morgan fingerprint density at radius 3 is 2.78 bits per heavy atom. The number of hydrogen-bond acceptors (Lipinski definition) is 5. The molecule has 0 bridgehead atoms. The topological polar surface area (TPSA) is 61.1 Å². The molecule has 1 N–H and O–H groups in total. The first-order valence-corrected chi connectivity index (χ1v) is 7.95. The molecule has 0 radical (unpaired) electrons. The van der Waals surface area contributed by atoms with Crippen LogP contribution in [-0.4, -0.2) is 11.2 Å². The molecule has 0 amide bonds. The Balaban J connectivity index is 1.72. The minimum Gasteiger partial charge on any atom is -0.253 e. The summed E-state index contributed by atoms with van der Waals surface area (Å²) < 4.78 is 0. The lowest BCUT2D eigenvalue weighted by Gasteiger charge is -2.01. The number of benzene rings is 2. The van der Waals surface area contributed by atoms with E-state index in [4.69, 9.17) is 5.26 Å². The molecule has 1 heterocycles. The van der Waals surface area contributed by atoms with Crippen molar-refractivity contribution in [3.05, 3.63) is 70.6 Å². The van der Waals surface area contributed by atoms with E-state index in [1.807, 2.05) is 54.8 Å². The number of aromatic nitrogens is 1. The quantitative estimate of drug-likeness (QED) is 0.571. The zero-order valence-corrected chi connectivity index (χ0v) is 13.3. The fraction of sp³-hybridized carbons (Fsp3) is 0.0556. The molecule has 0 aliphatic carbocycles. The van der Waals surface area contributed by atoms with Crippen LogP contribution in [-0.2, 0) is 0 Å². The van der Waals surface area contributed by atoms with Crippen molar-refractivity contribution < 1.29 is 0 Å². The van der Waals surface area contributed by atoms with E-state index in [1.165, 1.54) is 11.3 Å². The number of nitrogens with one attached hydrogen (secondary N) is 1. The molecule has 0 saturated heterocycles. The van der Waals surface area contributed by atoms with Crippen LogP contribution in [0.15, 0.2) is 59.0 Å². The van der Waals surface area contributed by atoms with Gasteiger partial charge in [-0.15, -0.1) is 11.3 Å². The van der Waals surface area contributed by atoms with Gasteiger partial charge in [-0.25, -0.2) is 4.98 Å². The molecule has 0 unspecified atom stereocenters. The number of hydrazone groups is 1. The number of anilines is 1. The summed E-state index contributed by atoms with van der Waals surface area (Å²) in [7, 11) is 0. The van der Waals surface area contributed by atoms with Gasteiger partial charge in [0.25, 0.3) is 0 Å². The highest BCUT2D eigenvalue weighted by Crippen LogP contribution is 2.24. The molecule has 23 heavy (non-hydrogen) atoms. The van der Waals surface area contributed by atoms with Gasteiger partial charge in [0.1, 0.15) is 0 Å². The molecule has 0 fully saturated rings. The largest absolute Gasteiger partial charge is 0.253 e. The lowest BCUT2D eigenvalue weighted by molar-refractivity contribution is 1.28. The zero-order chi connectivity index (χ0) is 16.1. The predicted molar refractivity (Wildman–Crippen MR) is 94.7 cm³/mol. The number of nitriles is 1. The van der Waals surface area contributed by atoms with Crippen molar-refractivity contribution in [1.82, 2.24) is 4.98 Å². The van der Waals surface area contributed by atoms with Gasteiger partial charge in [0.05, 0.1) is 23.5 Å². The van der Waals surface area contributed by atoms with E-state index in [0.717, 1.165) is 27.5 Å². The summed E-state index contributed by atoms with van der Waals surface area (Å²) in [4.78, 5) is 4.51. The molecule has 3 rings (SSSR count). The molecule has 4 nitrogen and oxygen atoms in total. The minimum absolute atomic E-state index is 0.662. The van der Waals surface area contributed by atoms with Gasteiger partial charge >= 0.3 is 0 Å². The number of nitrogens with zero attached hydrogens (tertiary/aromatic N) is 3. The van der Waals surface area contributed by atoms with Crippen LogP contribution >= 0.6 is 11.3 Å². The van der Waals surface area contributed by atoms with Crippen LogP contribution < -0.4 is 5.43 Å². The van der Waals surface area contributed by atoms with E-state index in [0.29, 0.717) is 5.56 Å². The second kappa shape index (κ2) is 6.86. The molecule has 2 aromatic carbocycles. The Kier molecular flexibility index (Phi) is 4.46. The predicted octanol–water partition coefficient (Wildman–Crippen LogP) is 4.44. The summed E-state index contributed by atoms with van der Waals surface area (Å²) in [6, 6.07) is 17.8. The Hall–Kier alpha value is -2.97. The molecule has 112 valence electrons. The van der Waals surface area contributed by atoms with E-state index in [1.54, 1.807) is 12.3 Å². The van der Waals surface area contributed by atoms with Gasteiger partial charge in [0, 0.05) is 10.9 Å². The lowest BCUT2D eigenvalue weighted by Crippen LogP contribution is -1.94. The molecule has 0 saturated carbocycles. The molecule has 3 aromatic rings. The molecule has 0 aliphatic rings. The SMILES string of the molecule is Cc1c(C#N)cccc1C=NNc1nc(-c2ccccc2)cs1. The third-order valence-corrected chi connectivity index (χ3v) is 4.18. The monoisotopic (exact) mass is 318 g/mol. The van der Waals surface area contributed by atoms with Crippen LogP contribution in [0.5, 0.6) is 0 Å². The normalized spacial score (nSPS) is 10.6. The van der Waals surface area contributed by atoms with Gasteiger partial charge in [0.15, 0.2) is 0 Å². The highest BCUT2D eigenvalue weighted by Gasteiger charge is 2.03. The van der Waals surface area contributed by atoms with Crippen LogP contribution in [0.25, 0.3) is 11.3 Å². The van der Waals surface area contributed by atoms with Crippen molar-refractivity contribution in [2.45, 2.75) is 6.92 Å². The first kappa shape index (κ1) is 14.9. The highest BCUT2D eigenvalue weighted by molar-refractivity contribution is 7.14. The summed E-state index contributed by atoms with van der Waals surface area (Å²) in [5, 5.41) is 16.0. The fourth-order valence-electron chi connectivity index (χ4n) is 2.14. The van der Waals surface area contributed by atoms with Crippen molar-refractivity contribution >= 4 is 22.7 Å². The average molecular weight is 318 g/mol. The summed E-state index contributed by atoms with van der Waals surface area (Å²) in [6.07, 6.45) is 1.71. The Morgan fingerprint density at radius 1 is 1.17 bits per heavy atom. The number of hydrogen-bond donors (Lipinski definition) is 1. The number of rotatable bonds is 4. The zero-order valence-electron chi connectivity index (χ0n) is 12.5. The second-order valence-corrected chi connectivity index (χ2v) is 5.76. The first-order chi connectivity index (χ1) is 11.3. The van der Waals surface area contributed by atoms with E-state index in [-0.39, 0.29) is 0 Å². The van der Waals surface area contributed by atoms with Crippen molar-refractivity contribution in [2.75, 3.05) is 5.43 Å². The van der Waals surface area contributed by atoms with Crippen molar-refractivity contribution in [2.24, 2.45) is 5.10 Å². The Bertz CT molecular complexity index is 876. The smallest absolute Gasteiger partial charge is 0.203 e. The second-order valence-electron chi connectivity index (χ2n) is 4.91. The van der Waals surface area contributed by atoms with Crippen molar-refractivity contribution in [1.29, 1.82) is 5.26 Å². The van der Waals surface area contributed by atoms with Gasteiger partial charge in [-0.3, -0.25) is 5.43 Å². The van der Waals surface area contributed by atoms with Crippen LogP contribution in [0, 0.1) is 18.3 Å². The van der Waals surface area contributed by atoms with Crippen LogP contribution in [0.4, 0.5) is 5.13 Å². The standard InChI is InChI=1S/C18H14N4S/c1-13-15(10-19)8-5-9-16(13)11-20-22-18-21-17(12-23-18)14-6-3-2-4-7-14/h2-9,11-12H,1H3,(H,21,22).